The van der Waals surface area contributed by atoms with Crippen molar-refractivity contribution in [1.82, 2.24) is 0 Å². The predicted octanol–water partition coefficient (Wildman–Crippen LogP) is 14.6. The minimum Gasteiger partial charge on any atom is -0.456 e. The van der Waals surface area contributed by atoms with Crippen molar-refractivity contribution in [3.05, 3.63) is 215 Å². The Hall–Kier alpha value is -8.44. The third kappa shape index (κ3) is 4.46. The highest BCUT2D eigenvalue weighted by Crippen LogP contribution is 2.63. The SMILES string of the molecule is N#Cc1ccc2c(c1)C1(c3ccccc3-c3ccccc31)c1cc(-c3cc(-c4ccc5c(c4)oc4ccccc45)c(C#N)c(-c4cccc5oc6ccccc6c45)c3)ccc1-2. The molecule has 11 aromatic rings. The number of hydrogen-bond acceptors (Lipinski definition) is 4. The molecule has 13 rings (SSSR count). The minimum atomic E-state index is -0.632. The second-order valence-corrected chi connectivity index (χ2v) is 16.1. The average Bonchev–Trinajstić information content (AvgIpc) is 4.05. The van der Waals surface area contributed by atoms with Gasteiger partial charge in [0.1, 0.15) is 28.4 Å². The summed E-state index contributed by atoms with van der Waals surface area (Å²) in [6, 6.07) is 68.4. The zero-order chi connectivity index (χ0) is 40.4. The molecule has 0 radical (unpaired) electrons. The Balaban J connectivity index is 1.11. The van der Waals surface area contributed by atoms with E-state index in [1.807, 2.05) is 54.6 Å². The van der Waals surface area contributed by atoms with E-state index >= 15 is 0 Å². The van der Waals surface area contributed by atoms with Crippen LogP contribution in [-0.2, 0) is 5.41 Å². The lowest BCUT2D eigenvalue weighted by atomic mass is 9.70. The summed E-state index contributed by atoms with van der Waals surface area (Å²) in [5, 5.41) is 25.5. The number of fused-ring (bicyclic) bond motifs is 16. The number of rotatable bonds is 3. The number of furan rings is 2. The van der Waals surface area contributed by atoms with Gasteiger partial charge in [-0.05, 0) is 127 Å². The molecular formula is C57H30N2O2. The molecule has 2 aromatic heterocycles. The lowest BCUT2D eigenvalue weighted by Gasteiger charge is -2.31. The molecule has 0 bridgehead atoms. The number of para-hydroxylation sites is 2. The molecule has 0 aliphatic heterocycles. The first-order chi connectivity index (χ1) is 30.1. The van der Waals surface area contributed by atoms with Gasteiger partial charge in [0.2, 0.25) is 0 Å². The quantitative estimate of drug-likeness (QED) is 0.179. The highest BCUT2D eigenvalue weighted by atomic mass is 16.3. The predicted molar refractivity (Wildman–Crippen MR) is 243 cm³/mol. The van der Waals surface area contributed by atoms with Crippen LogP contribution in [0.1, 0.15) is 33.4 Å². The first-order valence-electron chi connectivity index (χ1n) is 20.4. The van der Waals surface area contributed by atoms with E-state index < -0.39 is 5.41 Å². The van der Waals surface area contributed by atoms with Gasteiger partial charge in [0.15, 0.2) is 0 Å². The fraction of sp³-hybridized carbons (Fsp3) is 0.0175. The third-order valence-electron chi connectivity index (χ3n) is 13.2. The Kier molecular flexibility index (Phi) is 6.75. The van der Waals surface area contributed by atoms with E-state index in [0.29, 0.717) is 11.1 Å². The summed E-state index contributed by atoms with van der Waals surface area (Å²) in [4.78, 5) is 0. The summed E-state index contributed by atoms with van der Waals surface area (Å²) in [6.45, 7) is 0. The molecule has 0 N–H and O–H groups in total. The highest BCUT2D eigenvalue weighted by Gasteiger charge is 2.51. The van der Waals surface area contributed by atoms with Crippen LogP contribution >= 0.6 is 0 Å². The number of nitriles is 2. The fourth-order valence-corrected chi connectivity index (χ4v) is 10.7. The Morgan fingerprint density at radius 1 is 0.344 bits per heavy atom. The van der Waals surface area contributed by atoms with Gasteiger partial charge in [-0.1, -0.05) is 121 Å². The molecule has 9 aromatic carbocycles. The molecule has 4 heteroatoms. The normalized spacial score (nSPS) is 13.0. The molecule has 4 nitrogen and oxygen atoms in total. The van der Waals surface area contributed by atoms with Crippen molar-refractivity contribution in [1.29, 1.82) is 10.5 Å². The Morgan fingerprint density at radius 2 is 0.918 bits per heavy atom. The van der Waals surface area contributed by atoms with Gasteiger partial charge in [-0.25, -0.2) is 0 Å². The van der Waals surface area contributed by atoms with E-state index in [1.165, 1.54) is 27.8 Å². The van der Waals surface area contributed by atoms with Crippen LogP contribution in [0.25, 0.3) is 99.5 Å². The first-order valence-corrected chi connectivity index (χ1v) is 20.4. The summed E-state index contributed by atoms with van der Waals surface area (Å²) in [5.41, 5.74) is 18.6. The largest absolute Gasteiger partial charge is 0.456 e. The van der Waals surface area contributed by atoms with Crippen molar-refractivity contribution in [2.45, 2.75) is 5.41 Å². The van der Waals surface area contributed by atoms with E-state index in [1.54, 1.807) is 0 Å². The van der Waals surface area contributed by atoms with Crippen molar-refractivity contribution in [2.24, 2.45) is 0 Å². The van der Waals surface area contributed by atoms with E-state index in [0.717, 1.165) is 93.9 Å². The molecule has 2 aliphatic carbocycles. The zero-order valence-electron chi connectivity index (χ0n) is 32.5. The molecule has 2 heterocycles. The van der Waals surface area contributed by atoms with E-state index in [2.05, 4.69) is 140 Å². The van der Waals surface area contributed by atoms with Gasteiger partial charge in [-0.2, -0.15) is 10.5 Å². The summed E-state index contributed by atoms with van der Waals surface area (Å²) in [5.74, 6) is 0. The van der Waals surface area contributed by atoms with Crippen molar-refractivity contribution >= 4 is 43.9 Å². The zero-order valence-corrected chi connectivity index (χ0v) is 32.5. The van der Waals surface area contributed by atoms with Gasteiger partial charge in [0, 0.05) is 32.7 Å². The lowest BCUT2D eigenvalue weighted by molar-refractivity contribution is 0.668. The fourth-order valence-electron chi connectivity index (χ4n) is 10.7. The van der Waals surface area contributed by atoms with Crippen LogP contribution < -0.4 is 0 Å². The average molecular weight is 775 g/mol. The molecule has 2 aliphatic rings. The molecule has 0 saturated heterocycles. The van der Waals surface area contributed by atoms with Gasteiger partial charge in [-0.3, -0.25) is 0 Å². The van der Waals surface area contributed by atoms with Crippen LogP contribution in [0.15, 0.2) is 191 Å². The second-order valence-electron chi connectivity index (χ2n) is 16.1. The Morgan fingerprint density at radius 3 is 1.69 bits per heavy atom. The Labute approximate surface area is 350 Å². The number of nitrogens with zero attached hydrogens (tertiary/aromatic N) is 2. The molecule has 0 atom stereocenters. The smallest absolute Gasteiger partial charge is 0.136 e. The molecule has 0 saturated carbocycles. The molecule has 280 valence electrons. The van der Waals surface area contributed by atoms with Crippen LogP contribution in [0.4, 0.5) is 0 Å². The molecule has 1 spiro atoms. The molecule has 0 fully saturated rings. The molecular weight excluding hydrogens is 745 g/mol. The maximum Gasteiger partial charge on any atom is 0.136 e. The summed E-state index contributed by atoms with van der Waals surface area (Å²) in [6.07, 6.45) is 0. The van der Waals surface area contributed by atoms with Crippen molar-refractivity contribution in [3.63, 3.8) is 0 Å². The number of hydrogen-bond donors (Lipinski definition) is 0. The molecule has 0 unspecified atom stereocenters. The maximum atomic E-state index is 11.2. The van der Waals surface area contributed by atoms with Crippen molar-refractivity contribution in [2.75, 3.05) is 0 Å². The minimum absolute atomic E-state index is 0.574. The first kappa shape index (κ1) is 33.5. The monoisotopic (exact) mass is 774 g/mol. The molecule has 61 heavy (non-hydrogen) atoms. The highest BCUT2D eigenvalue weighted by molar-refractivity contribution is 6.14. The van der Waals surface area contributed by atoms with Crippen LogP contribution in [0, 0.1) is 22.7 Å². The molecule has 0 amide bonds. The van der Waals surface area contributed by atoms with Gasteiger partial charge < -0.3 is 8.83 Å². The second kappa shape index (κ2) is 12.3. The topological polar surface area (TPSA) is 73.9 Å². The Bertz CT molecular complexity index is 3770. The third-order valence-corrected chi connectivity index (χ3v) is 13.2. The van der Waals surface area contributed by atoms with E-state index in [-0.39, 0.29) is 0 Å². The summed E-state index contributed by atoms with van der Waals surface area (Å²) >= 11 is 0. The van der Waals surface area contributed by atoms with Gasteiger partial charge >= 0.3 is 0 Å². The maximum absolute atomic E-state index is 11.2. The standard InChI is InChI=1S/C57H30N2O2/c58-31-33-20-23-39-40-24-21-34(29-51(40)57(50(39)26-33)48-15-5-1-10-37(48)38-11-2-6-16-49(38)57)36-27-45(35-22-25-42-41-12-3-7-17-52(41)61-55(42)30-35)47(32-59)46(28-36)43-14-9-19-54-56(43)44-13-4-8-18-53(44)60-54/h1-30H. The van der Waals surface area contributed by atoms with Gasteiger partial charge in [0.05, 0.1) is 22.6 Å². The van der Waals surface area contributed by atoms with E-state index in [4.69, 9.17) is 8.83 Å². The van der Waals surface area contributed by atoms with Crippen molar-refractivity contribution < 1.29 is 8.83 Å². The lowest BCUT2D eigenvalue weighted by Crippen LogP contribution is -2.26. The van der Waals surface area contributed by atoms with Gasteiger partial charge in [0.25, 0.3) is 0 Å². The van der Waals surface area contributed by atoms with Crippen LogP contribution in [0.2, 0.25) is 0 Å². The van der Waals surface area contributed by atoms with Crippen LogP contribution in [0.5, 0.6) is 0 Å². The van der Waals surface area contributed by atoms with Crippen LogP contribution in [-0.4, -0.2) is 0 Å². The van der Waals surface area contributed by atoms with E-state index in [9.17, 15) is 10.5 Å². The van der Waals surface area contributed by atoms with Crippen LogP contribution in [0.3, 0.4) is 0 Å². The number of benzene rings is 9. The summed E-state index contributed by atoms with van der Waals surface area (Å²) < 4.78 is 12.8. The summed E-state index contributed by atoms with van der Waals surface area (Å²) in [7, 11) is 0. The van der Waals surface area contributed by atoms with Gasteiger partial charge in [-0.15, -0.1) is 0 Å². The van der Waals surface area contributed by atoms with Crippen molar-refractivity contribution in [3.8, 4) is 67.8 Å².